The number of amides is 1. The van der Waals surface area contributed by atoms with Crippen molar-refractivity contribution < 1.29 is 9.53 Å². The smallest absolute Gasteiger partial charge is 0.250 e. The molecule has 2 saturated heterocycles. The molecule has 0 saturated carbocycles. The summed E-state index contributed by atoms with van der Waals surface area (Å²) in [6, 6.07) is 2.32. The average Bonchev–Trinajstić information content (AvgIpc) is 3.21. The molecule has 0 aliphatic carbocycles. The maximum absolute atomic E-state index is 13.5. The van der Waals surface area contributed by atoms with Crippen molar-refractivity contribution in [3.8, 4) is 0 Å². The van der Waals surface area contributed by atoms with E-state index in [1.807, 2.05) is 16.9 Å². The van der Waals surface area contributed by atoms with Gasteiger partial charge in [0.1, 0.15) is 5.54 Å². The highest BCUT2D eigenvalue weighted by Gasteiger charge is 2.45. The average molecular weight is 349 g/mol. The van der Waals surface area contributed by atoms with Crippen LogP contribution in [0.2, 0.25) is 0 Å². The van der Waals surface area contributed by atoms with Crippen molar-refractivity contribution >= 4 is 5.91 Å². The second kappa shape index (κ2) is 8.29. The molecule has 2 aliphatic rings. The molecule has 3 heterocycles. The second-order valence-electron chi connectivity index (χ2n) is 7.07. The number of nitrogens with zero attached hydrogens (tertiary/aromatic N) is 4. The number of piperazine rings is 1. The number of nitrogens with one attached hydrogen (secondary N) is 1. The Balaban J connectivity index is 1.75. The van der Waals surface area contributed by atoms with Crippen LogP contribution in [-0.4, -0.2) is 84.5 Å². The summed E-state index contributed by atoms with van der Waals surface area (Å²) in [4.78, 5) is 18.1. The van der Waals surface area contributed by atoms with E-state index in [2.05, 4.69) is 27.1 Å². The Morgan fingerprint density at radius 1 is 1.36 bits per heavy atom. The van der Waals surface area contributed by atoms with Gasteiger partial charge in [-0.1, -0.05) is 6.92 Å². The Bertz CT molecular complexity index is 542. The summed E-state index contributed by atoms with van der Waals surface area (Å²) in [5.74, 6) is 0.238. The zero-order valence-electron chi connectivity index (χ0n) is 15.5. The van der Waals surface area contributed by atoms with E-state index in [1.165, 1.54) is 0 Å². The fourth-order valence-corrected chi connectivity index (χ4v) is 4.17. The molecular formula is C18H31N5O2. The van der Waals surface area contributed by atoms with Crippen LogP contribution in [0, 0.1) is 0 Å². The Hall–Kier alpha value is -1.44. The van der Waals surface area contributed by atoms with Crippen molar-refractivity contribution in [3.63, 3.8) is 0 Å². The molecule has 140 valence electrons. The molecule has 7 heteroatoms. The molecule has 1 N–H and O–H groups in total. The van der Waals surface area contributed by atoms with E-state index in [0.717, 1.165) is 65.1 Å². The van der Waals surface area contributed by atoms with E-state index in [0.29, 0.717) is 6.04 Å². The monoisotopic (exact) mass is 349 g/mol. The van der Waals surface area contributed by atoms with Crippen LogP contribution < -0.4 is 5.32 Å². The van der Waals surface area contributed by atoms with Crippen molar-refractivity contribution in [2.75, 3.05) is 53.0 Å². The quantitative estimate of drug-likeness (QED) is 0.812. The Morgan fingerprint density at radius 2 is 2.16 bits per heavy atom. The van der Waals surface area contributed by atoms with Crippen LogP contribution in [0.3, 0.4) is 0 Å². The lowest BCUT2D eigenvalue weighted by atomic mass is 9.86. The first-order chi connectivity index (χ1) is 12.2. The van der Waals surface area contributed by atoms with Gasteiger partial charge in [-0.05, 0) is 38.4 Å². The normalized spacial score (nSPS) is 24.4. The van der Waals surface area contributed by atoms with Crippen LogP contribution in [0.1, 0.15) is 26.2 Å². The highest BCUT2D eigenvalue weighted by atomic mass is 16.5. The molecule has 3 rings (SSSR count). The first-order valence-corrected chi connectivity index (χ1v) is 9.44. The van der Waals surface area contributed by atoms with Gasteiger partial charge in [0.2, 0.25) is 0 Å². The zero-order valence-corrected chi connectivity index (χ0v) is 15.5. The number of carbonyl (C=O) groups excluding carboxylic acids is 1. The number of hydrogen-bond acceptors (Lipinski definition) is 5. The minimum absolute atomic E-state index is 0.238. The molecule has 0 aromatic carbocycles. The van der Waals surface area contributed by atoms with E-state index in [4.69, 9.17) is 4.74 Å². The predicted octanol–water partition coefficient (Wildman–Crippen LogP) is 0.531. The summed E-state index contributed by atoms with van der Waals surface area (Å²) < 4.78 is 7.13. The van der Waals surface area contributed by atoms with Gasteiger partial charge in [0.15, 0.2) is 0 Å². The molecule has 7 nitrogen and oxygen atoms in total. The predicted molar refractivity (Wildman–Crippen MR) is 96.4 cm³/mol. The van der Waals surface area contributed by atoms with E-state index in [1.54, 1.807) is 13.3 Å². The molecular weight excluding hydrogens is 318 g/mol. The third-order valence-corrected chi connectivity index (χ3v) is 5.72. The molecule has 1 amide bonds. The van der Waals surface area contributed by atoms with Crippen LogP contribution in [0.25, 0.3) is 0 Å². The second-order valence-corrected chi connectivity index (χ2v) is 7.07. The fourth-order valence-electron chi connectivity index (χ4n) is 4.17. The lowest BCUT2D eigenvalue weighted by molar-refractivity contribution is -0.146. The van der Waals surface area contributed by atoms with Crippen molar-refractivity contribution in [1.29, 1.82) is 0 Å². The van der Waals surface area contributed by atoms with E-state index >= 15 is 0 Å². The van der Waals surface area contributed by atoms with Crippen LogP contribution in [-0.2, 0) is 15.1 Å². The van der Waals surface area contributed by atoms with Gasteiger partial charge in [0.25, 0.3) is 5.91 Å². The first-order valence-electron chi connectivity index (χ1n) is 9.44. The number of rotatable bonds is 6. The minimum atomic E-state index is -0.526. The first kappa shape index (κ1) is 18.4. The van der Waals surface area contributed by atoms with Crippen molar-refractivity contribution in [3.05, 3.63) is 18.5 Å². The molecule has 25 heavy (non-hydrogen) atoms. The number of aromatic nitrogens is 2. The summed E-state index contributed by atoms with van der Waals surface area (Å²) >= 11 is 0. The number of carbonyl (C=O) groups is 1. The Labute approximate surface area is 150 Å². The lowest BCUT2D eigenvalue weighted by Gasteiger charge is -2.46. The van der Waals surface area contributed by atoms with Gasteiger partial charge in [-0.3, -0.25) is 14.4 Å². The van der Waals surface area contributed by atoms with Crippen LogP contribution in [0.4, 0.5) is 0 Å². The van der Waals surface area contributed by atoms with Crippen molar-refractivity contribution in [2.45, 2.75) is 37.8 Å². The van der Waals surface area contributed by atoms with Crippen LogP contribution in [0.5, 0.6) is 0 Å². The van der Waals surface area contributed by atoms with Gasteiger partial charge >= 0.3 is 0 Å². The summed E-state index contributed by atoms with van der Waals surface area (Å²) in [6.45, 7) is 8.10. The number of methoxy groups -OCH3 is 1. The molecule has 1 aromatic heterocycles. The third-order valence-electron chi connectivity index (χ3n) is 5.72. The van der Waals surface area contributed by atoms with Gasteiger partial charge < -0.3 is 15.0 Å². The number of ether oxygens (including phenoxy) is 1. The van der Waals surface area contributed by atoms with Gasteiger partial charge in [0, 0.05) is 51.7 Å². The molecule has 1 aromatic rings. The minimum Gasteiger partial charge on any atom is -0.383 e. The standard InChI is InChI=1S/C18H31N5O2/c1-3-16-15-22(12-11-21(16)13-14-25-2)17(24)18(5-8-19-9-6-18)23-10-4-7-20-23/h4,7,10,16,19H,3,5-6,8-9,11-15H2,1-2H3. The topological polar surface area (TPSA) is 62.6 Å². The molecule has 1 atom stereocenters. The lowest BCUT2D eigenvalue weighted by Crippen LogP contribution is -2.61. The van der Waals surface area contributed by atoms with E-state index in [-0.39, 0.29) is 5.91 Å². The molecule has 0 bridgehead atoms. The SMILES string of the molecule is CCC1CN(C(=O)C2(n3cccn3)CCNCC2)CCN1CCOC. The van der Waals surface area contributed by atoms with Gasteiger partial charge in [-0.2, -0.15) is 5.10 Å². The largest absolute Gasteiger partial charge is 0.383 e. The van der Waals surface area contributed by atoms with Crippen LogP contribution in [0.15, 0.2) is 18.5 Å². The molecule has 2 fully saturated rings. The summed E-state index contributed by atoms with van der Waals surface area (Å²) in [5.41, 5.74) is -0.526. The molecule has 0 radical (unpaired) electrons. The van der Waals surface area contributed by atoms with E-state index in [9.17, 15) is 4.79 Å². The van der Waals surface area contributed by atoms with Crippen LogP contribution >= 0.6 is 0 Å². The Kier molecular flexibility index (Phi) is 6.09. The van der Waals surface area contributed by atoms with Crippen molar-refractivity contribution in [2.24, 2.45) is 0 Å². The zero-order chi connectivity index (χ0) is 17.7. The summed E-state index contributed by atoms with van der Waals surface area (Å²) in [6.07, 6.45) is 6.36. The highest BCUT2D eigenvalue weighted by Crippen LogP contribution is 2.30. The molecule has 2 aliphatic heterocycles. The molecule has 0 spiro atoms. The molecule has 1 unspecified atom stereocenters. The number of hydrogen-bond donors (Lipinski definition) is 1. The maximum Gasteiger partial charge on any atom is 0.250 e. The van der Waals surface area contributed by atoms with Crippen molar-refractivity contribution in [1.82, 2.24) is 24.9 Å². The number of piperidine rings is 1. The van der Waals surface area contributed by atoms with Gasteiger partial charge in [-0.15, -0.1) is 0 Å². The Morgan fingerprint density at radius 3 is 2.80 bits per heavy atom. The fraction of sp³-hybridized carbons (Fsp3) is 0.778. The third kappa shape index (κ3) is 3.73. The summed E-state index contributed by atoms with van der Waals surface area (Å²) in [5, 5.41) is 7.81. The highest BCUT2D eigenvalue weighted by molar-refractivity contribution is 5.85. The summed E-state index contributed by atoms with van der Waals surface area (Å²) in [7, 11) is 1.74. The maximum atomic E-state index is 13.5. The van der Waals surface area contributed by atoms with E-state index < -0.39 is 5.54 Å². The van der Waals surface area contributed by atoms with Gasteiger partial charge in [0.05, 0.1) is 6.61 Å². The van der Waals surface area contributed by atoms with Gasteiger partial charge in [-0.25, -0.2) is 0 Å².